The summed E-state index contributed by atoms with van der Waals surface area (Å²) in [4.78, 5) is 12.2. The average Bonchev–Trinajstić information content (AvgIpc) is 2.47. The summed E-state index contributed by atoms with van der Waals surface area (Å²) in [6.45, 7) is 3.79. The number of amides is 1. The fraction of sp³-hybridized carbons (Fsp3) is 0.588. The molecule has 0 spiro atoms. The molecule has 1 fully saturated rings. The summed E-state index contributed by atoms with van der Waals surface area (Å²) < 4.78 is 12.4. The van der Waals surface area contributed by atoms with Gasteiger partial charge in [0.1, 0.15) is 5.25 Å². The van der Waals surface area contributed by atoms with Crippen LogP contribution in [0, 0.1) is 6.92 Å². The number of hydrogen-bond donors (Lipinski definition) is 1. The van der Waals surface area contributed by atoms with E-state index in [1.165, 1.54) is 19.3 Å². The summed E-state index contributed by atoms with van der Waals surface area (Å²) in [5, 5.41) is 2.61. The van der Waals surface area contributed by atoms with E-state index in [-0.39, 0.29) is 11.9 Å². The van der Waals surface area contributed by atoms with E-state index in [1.807, 2.05) is 31.2 Å². The quantitative estimate of drug-likeness (QED) is 0.908. The van der Waals surface area contributed by atoms with Crippen molar-refractivity contribution in [3.63, 3.8) is 0 Å². The minimum absolute atomic E-state index is 0.0621. The summed E-state index contributed by atoms with van der Waals surface area (Å²) in [6, 6.07) is 8.27. The Morgan fingerprint density at radius 1 is 1.33 bits per heavy atom. The fourth-order valence-corrected chi connectivity index (χ4v) is 3.84. The smallest absolute Gasteiger partial charge is 0.235 e. The number of hydrogen-bond acceptors (Lipinski definition) is 2. The van der Waals surface area contributed by atoms with Crippen LogP contribution in [-0.2, 0) is 21.3 Å². The van der Waals surface area contributed by atoms with E-state index >= 15 is 0 Å². The van der Waals surface area contributed by atoms with Crippen molar-refractivity contribution in [2.45, 2.75) is 63.0 Å². The summed E-state index contributed by atoms with van der Waals surface area (Å²) >= 11 is 0. The standard InChI is InChI=1S/C17H25NO2S/c1-13-7-6-8-15(11-13)12-21(20)14(2)17(19)18-16-9-4-3-5-10-16/h6-8,11,14,16H,3-5,9-10,12H2,1-2H3,(H,18,19)/t14-,21+/m1/s1. The van der Waals surface area contributed by atoms with E-state index < -0.39 is 16.0 Å². The van der Waals surface area contributed by atoms with Gasteiger partial charge in [-0.15, -0.1) is 0 Å². The van der Waals surface area contributed by atoms with Gasteiger partial charge < -0.3 is 5.32 Å². The van der Waals surface area contributed by atoms with Crippen LogP contribution in [0.15, 0.2) is 24.3 Å². The molecule has 1 saturated carbocycles. The second kappa shape index (κ2) is 7.74. The Morgan fingerprint density at radius 3 is 2.71 bits per heavy atom. The molecule has 0 aromatic heterocycles. The van der Waals surface area contributed by atoms with Gasteiger partial charge in [-0.2, -0.15) is 0 Å². The molecule has 116 valence electrons. The molecule has 1 aliphatic rings. The van der Waals surface area contributed by atoms with Crippen LogP contribution < -0.4 is 5.32 Å². The number of carbonyl (C=O) groups is 1. The highest BCUT2D eigenvalue weighted by atomic mass is 32.2. The first-order chi connectivity index (χ1) is 10.1. The highest BCUT2D eigenvalue weighted by Crippen LogP contribution is 2.18. The predicted molar refractivity (Wildman–Crippen MR) is 87.5 cm³/mol. The lowest BCUT2D eigenvalue weighted by Crippen LogP contribution is -2.42. The Labute approximate surface area is 130 Å². The Morgan fingerprint density at radius 2 is 2.05 bits per heavy atom. The first-order valence-corrected chi connectivity index (χ1v) is 9.17. The molecule has 4 heteroatoms. The van der Waals surface area contributed by atoms with Crippen molar-refractivity contribution in [1.82, 2.24) is 5.32 Å². The van der Waals surface area contributed by atoms with Crippen LogP contribution in [0.3, 0.4) is 0 Å². The van der Waals surface area contributed by atoms with E-state index in [0.29, 0.717) is 5.75 Å². The van der Waals surface area contributed by atoms with Gasteiger partial charge in [0, 0.05) is 22.6 Å². The molecule has 2 atom stereocenters. The van der Waals surface area contributed by atoms with Crippen molar-refractivity contribution in [1.29, 1.82) is 0 Å². The number of benzene rings is 1. The van der Waals surface area contributed by atoms with Crippen molar-refractivity contribution in [2.75, 3.05) is 0 Å². The molecule has 2 rings (SSSR count). The maximum absolute atomic E-state index is 12.4. The Kier molecular flexibility index (Phi) is 5.97. The lowest BCUT2D eigenvalue weighted by molar-refractivity contribution is -0.121. The van der Waals surface area contributed by atoms with Crippen molar-refractivity contribution >= 4 is 16.7 Å². The molecular weight excluding hydrogens is 282 g/mol. The molecule has 0 aliphatic heterocycles. The first kappa shape index (κ1) is 16.2. The SMILES string of the molecule is Cc1cccc(C[S@](=O)[C@H](C)C(=O)NC2CCCCC2)c1. The second-order valence-corrected chi connectivity index (χ2v) is 7.76. The van der Waals surface area contributed by atoms with Crippen LogP contribution in [0.25, 0.3) is 0 Å². The molecule has 21 heavy (non-hydrogen) atoms. The summed E-state index contributed by atoms with van der Waals surface area (Å²) in [6.07, 6.45) is 5.75. The Hall–Kier alpha value is -1.16. The minimum Gasteiger partial charge on any atom is -0.352 e. The third-order valence-corrected chi connectivity index (χ3v) is 5.73. The van der Waals surface area contributed by atoms with Crippen LogP contribution in [0.5, 0.6) is 0 Å². The van der Waals surface area contributed by atoms with Crippen molar-refractivity contribution in [3.05, 3.63) is 35.4 Å². The summed E-state index contributed by atoms with van der Waals surface area (Å²) in [7, 11) is -1.17. The maximum Gasteiger partial charge on any atom is 0.235 e. The van der Waals surface area contributed by atoms with Crippen LogP contribution in [0.1, 0.15) is 50.2 Å². The fourth-order valence-electron chi connectivity index (χ4n) is 2.78. The van der Waals surface area contributed by atoms with E-state index in [1.54, 1.807) is 6.92 Å². The monoisotopic (exact) mass is 307 g/mol. The third-order valence-electron chi connectivity index (χ3n) is 4.11. The van der Waals surface area contributed by atoms with E-state index in [2.05, 4.69) is 5.32 Å². The number of aryl methyl sites for hydroxylation is 1. The van der Waals surface area contributed by atoms with Crippen LogP contribution in [0.2, 0.25) is 0 Å². The zero-order valence-electron chi connectivity index (χ0n) is 12.9. The Bertz CT molecular complexity index is 509. The molecule has 3 nitrogen and oxygen atoms in total. The molecule has 0 saturated heterocycles. The average molecular weight is 307 g/mol. The van der Waals surface area contributed by atoms with Crippen LogP contribution >= 0.6 is 0 Å². The van der Waals surface area contributed by atoms with Gasteiger partial charge in [-0.05, 0) is 32.3 Å². The molecular formula is C17H25NO2S. The molecule has 0 radical (unpaired) electrons. The van der Waals surface area contributed by atoms with Gasteiger partial charge in [0.05, 0.1) is 0 Å². The van der Waals surface area contributed by atoms with Crippen molar-refractivity contribution < 1.29 is 9.00 Å². The number of nitrogens with one attached hydrogen (secondary N) is 1. The molecule has 1 N–H and O–H groups in total. The molecule has 0 bridgehead atoms. The topological polar surface area (TPSA) is 46.2 Å². The van der Waals surface area contributed by atoms with Gasteiger partial charge in [-0.25, -0.2) is 0 Å². The van der Waals surface area contributed by atoms with Crippen molar-refractivity contribution in [3.8, 4) is 0 Å². The van der Waals surface area contributed by atoms with E-state index in [4.69, 9.17) is 0 Å². The Balaban J connectivity index is 1.87. The van der Waals surface area contributed by atoms with Crippen LogP contribution in [-0.4, -0.2) is 21.4 Å². The largest absolute Gasteiger partial charge is 0.352 e. The second-order valence-electron chi connectivity index (χ2n) is 6.00. The normalized spacial score (nSPS) is 19.0. The molecule has 1 aromatic rings. The minimum atomic E-state index is -1.17. The molecule has 1 aliphatic carbocycles. The highest BCUT2D eigenvalue weighted by Gasteiger charge is 2.23. The van der Waals surface area contributed by atoms with E-state index in [9.17, 15) is 9.00 Å². The summed E-state index contributed by atoms with van der Waals surface area (Å²) in [5.41, 5.74) is 2.19. The molecule has 1 aromatic carbocycles. The highest BCUT2D eigenvalue weighted by molar-refractivity contribution is 7.85. The van der Waals surface area contributed by atoms with Gasteiger partial charge in [-0.1, -0.05) is 49.1 Å². The van der Waals surface area contributed by atoms with Gasteiger partial charge in [0.15, 0.2) is 0 Å². The summed E-state index contributed by atoms with van der Waals surface area (Å²) in [5.74, 6) is 0.383. The van der Waals surface area contributed by atoms with Gasteiger partial charge in [0.25, 0.3) is 0 Å². The van der Waals surface area contributed by atoms with Crippen molar-refractivity contribution in [2.24, 2.45) is 0 Å². The lowest BCUT2D eigenvalue weighted by atomic mass is 9.95. The zero-order chi connectivity index (χ0) is 15.2. The van der Waals surface area contributed by atoms with Gasteiger partial charge in [0.2, 0.25) is 5.91 Å². The van der Waals surface area contributed by atoms with Gasteiger partial charge in [-0.3, -0.25) is 9.00 Å². The van der Waals surface area contributed by atoms with Crippen LogP contribution in [0.4, 0.5) is 0 Å². The number of carbonyl (C=O) groups excluding carboxylic acids is 1. The third kappa shape index (κ3) is 4.95. The lowest BCUT2D eigenvalue weighted by Gasteiger charge is -2.24. The predicted octanol–water partition coefficient (Wildman–Crippen LogP) is 3.08. The maximum atomic E-state index is 12.4. The molecule has 0 heterocycles. The molecule has 0 unspecified atom stereocenters. The first-order valence-electron chi connectivity index (χ1n) is 7.79. The number of rotatable bonds is 5. The molecule has 1 amide bonds. The van der Waals surface area contributed by atoms with E-state index in [0.717, 1.165) is 24.0 Å². The van der Waals surface area contributed by atoms with Gasteiger partial charge >= 0.3 is 0 Å². The zero-order valence-corrected chi connectivity index (χ0v) is 13.7.